The van der Waals surface area contributed by atoms with E-state index in [0.717, 1.165) is 32.4 Å². The monoisotopic (exact) mass is 229 g/mol. The Morgan fingerprint density at radius 1 is 1.12 bits per heavy atom. The fraction of sp³-hybridized carbons (Fsp3) is 0.533. The first-order valence-electron chi connectivity index (χ1n) is 6.66. The van der Waals surface area contributed by atoms with Gasteiger partial charge in [-0.15, -0.1) is 0 Å². The molecule has 0 spiro atoms. The predicted molar refractivity (Wildman–Crippen MR) is 67.6 cm³/mol. The minimum Gasteiger partial charge on any atom is -0.298 e. The molecule has 0 aromatic heterocycles. The number of hydrogen-bond donors (Lipinski definition) is 0. The molecule has 2 atom stereocenters. The normalized spacial score (nSPS) is 29.3. The van der Waals surface area contributed by atoms with Gasteiger partial charge in [0.2, 0.25) is 0 Å². The Balaban J connectivity index is 1.73. The van der Waals surface area contributed by atoms with Gasteiger partial charge in [-0.25, -0.2) is 0 Å². The highest BCUT2D eigenvalue weighted by Gasteiger charge is 2.38. The standard InChI is InChI=1S/C15H19NO/c17-15-13-7-4-8-14(15)16(10-9-13)11-12-5-2-1-3-6-12/h1-3,5-6,13-14H,4,7-11H2. The van der Waals surface area contributed by atoms with E-state index in [-0.39, 0.29) is 6.04 Å². The number of likely N-dealkylation sites (tertiary alicyclic amines) is 1. The topological polar surface area (TPSA) is 20.3 Å². The lowest BCUT2D eigenvalue weighted by Gasteiger charge is -2.41. The second-order valence-electron chi connectivity index (χ2n) is 5.29. The second-order valence-corrected chi connectivity index (χ2v) is 5.29. The van der Waals surface area contributed by atoms with Gasteiger partial charge < -0.3 is 0 Å². The first kappa shape index (κ1) is 11.0. The van der Waals surface area contributed by atoms with Crippen LogP contribution in [0, 0.1) is 5.92 Å². The highest BCUT2D eigenvalue weighted by molar-refractivity contribution is 5.87. The number of piperidine rings is 1. The van der Waals surface area contributed by atoms with E-state index in [2.05, 4.69) is 29.2 Å². The molecule has 1 aromatic rings. The van der Waals surface area contributed by atoms with Gasteiger partial charge in [0, 0.05) is 12.5 Å². The van der Waals surface area contributed by atoms with Crippen molar-refractivity contribution in [2.24, 2.45) is 5.92 Å². The maximum Gasteiger partial charge on any atom is 0.153 e. The van der Waals surface area contributed by atoms with Gasteiger partial charge in [0.15, 0.2) is 5.78 Å². The number of nitrogens with zero attached hydrogens (tertiary/aromatic N) is 1. The van der Waals surface area contributed by atoms with Crippen LogP contribution in [0.3, 0.4) is 0 Å². The zero-order chi connectivity index (χ0) is 11.7. The number of hydrogen-bond acceptors (Lipinski definition) is 2. The van der Waals surface area contributed by atoms with Crippen LogP contribution in [0.15, 0.2) is 30.3 Å². The summed E-state index contributed by atoms with van der Waals surface area (Å²) >= 11 is 0. The van der Waals surface area contributed by atoms with Gasteiger partial charge in [-0.1, -0.05) is 36.8 Å². The van der Waals surface area contributed by atoms with Crippen LogP contribution in [0.5, 0.6) is 0 Å². The van der Waals surface area contributed by atoms with Crippen molar-refractivity contribution in [3.05, 3.63) is 35.9 Å². The summed E-state index contributed by atoms with van der Waals surface area (Å²) in [7, 11) is 0. The van der Waals surface area contributed by atoms with Gasteiger partial charge in [0.25, 0.3) is 0 Å². The van der Waals surface area contributed by atoms with E-state index in [1.54, 1.807) is 0 Å². The van der Waals surface area contributed by atoms with Crippen LogP contribution >= 0.6 is 0 Å². The predicted octanol–water partition coefficient (Wildman–Crippen LogP) is 2.63. The van der Waals surface area contributed by atoms with Gasteiger partial charge in [-0.2, -0.15) is 0 Å². The SMILES string of the molecule is O=C1C2CCCC1N(Cc1ccccc1)CC2. The number of rotatable bonds is 2. The second kappa shape index (κ2) is 4.61. The average Bonchev–Trinajstić information content (AvgIpc) is 2.34. The minimum absolute atomic E-state index is 0.211. The van der Waals surface area contributed by atoms with Crippen LogP contribution < -0.4 is 0 Å². The van der Waals surface area contributed by atoms with Crippen LogP contribution in [0.2, 0.25) is 0 Å². The summed E-state index contributed by atoms with van der Waals surface area (Å²) in [4.78, 5) is 14.5. The fourth-order valence-corrected chi connectivity index (χ4v) is 3.25. The molecule has 0 amide bonds. The Labute approximate surface area is 103 Å². The van der Waals surface area contributed by atoms with Crippen molar-refractivity contribution < 1.29 is 4.79 Å². The molecule has 2 nitrogen and oxygen atoms in total. The van der Waals surface area contributed by atoms with Crippen LogP contribution in [0.1, 0.15) is 31.2 Å². The van der Waals surface area contributed by atoms with Gasteiger partial charge in [0.05, 0.1) is 6.04 Å². The van der Waals surface area contributed by atoms with Crippen LogP contribution in [0.4, 0.5) is 0 Å². The lowest BCUT2D eigenvalue weighted by atomic mass is 9.78. The van der Waals surface area contributed by atoms with Crippen molar-refractivity contribution in [1.82, 2.24) is 4.90 Å². The molecule has 2 heteroatoms. The summed E-state index contributed by atoms with van der Waals surface area (Å²) in [6.07, 6.45) is 4.51. The van der Waals surface area contributed by atoms with Crippen molar-refractivity contribution in [3.8, 4) is 0 Å². The molecule has 2 bridgehead atoms. The number of carbonyl (C=O) groups excluding carboxylic acids is 1. The first-order valence-corrected chi connectivity index (χ1v) is 6.66. The van der Waals surface area contributed by atoms with E-state index >= 15 is 0 Å². The number of carbonyl (C=O) groups is 1. The van der Waals surface area contributed by atoms with E-state index in [9.17, 15) is 4.79 Å². The first-order chi connectivity index (χ1) is 8.34. The number of fused-ring (bicyclic) bond motifs is 2. The summed E-state index contributed by atoms with van der Waals surface area (Å²) in [5.74, 6) is 0.888. The van der Waals surface area contributed by atoms with Gasteiger partial charge >= 0.3 is 0 Å². The molecule has 1 aliphatic heterocycles. The molecule has 2 aliphatic rings. The van der Waals surface area contributed by atoms with Crippen LogP contribution in [-0.2, 0) is 11.3 Å². The lowest BCUT2D eigenvalue weighted by Crippen LogP contribution is -2.51. The molecular formula is C15H19NO. The molecule has 17 heavy (non-hydrogen) atoms. The minimum atomic E-state index is 0.211. The van der Waals surface area contributed by atoms with Crippen molar-refractivity contribution in [3.63, 3.8) is 0 Å². The molecule has 1 saturated carbocycles. The smallest absolute Gasteiger partial charge is 0.153 e. The molecule has 0 radical (unpaired) electrons. The Bertz CT molecular complexity index is 401. The molecule has 90 valence electrons. The zero-order valence-electron chi connectivity index (χ0n) is 10.1. The van der Waals surface area contributed by atoms with Crippen molar-refractivity contribution >= 4 is 5.78 Å². The van der Waals surface area contributed by atoms with Gasteiger partial charge in [-0.3, -0.25) is 9.69 Å². The average molecular weight is 229 g/mol. The number of Topliss-reactive ketones (excluding diaryl/α,β-unsaturated/α-hetero) is 1. The highest BCUT2D eigenvalue weighted by Crippen LogP contribution is 2.32. The molecule has 1 saturated heterocycles. The van der Waals surface area contributed by atoms with E-state index < -0.39 is 0 Å². The van der Waals surface area contributed by atoms with Gasteiger partial charge in [-0.05, 0) is 31.4 Å². The molecule has 1 aliphatic carbocycles. The van der Waals surface area contributed by atoms with E-state index in [4.69, 9.17) is 0 Å². The van der Waals surface area contributed by atoms with Crippen molar-refractivity contribution in [2.75, 3.05) is 6.54 Å². The summed E-state index contributed by atoms with van der Waals surface area (Å²) in [6.45, 7) is 2.03. The highest BCUT2D eigenvalue weighted by atomic mass is 16.1. The molecule has 1 aromatic carbocycles. The summed E-state index contributed by atoms with van der Waals surface area (Å²) in [5, 5.41) is 0. The largest absolute Gasteiger partial charge is 0.298 e. The maximum absolute atomic E-state index is 12.2. The Morgan fingerprint density at radius 3 is 2.76 bits per heavy atom. The lowest BCUT2D eigenvalue weighted by molar-refractivity contribution is -0.135. The molecule has 0 N–H and O–H groups in total. The van der Waals surface area contributed by atoms with Crippen molar-refractivity contribution in [2.45, 2.75) is 38.3 Å². The summed E-state index contributed by atoms with van der Waals surface area (Å²) < 4.78 is 0. The fourth-order valence-electron chi connectivity index (χ4n) is 3.25. The Morgan fingerprint density at radius 2 is 1.94 bits per heavy atom. The molecule has 2 fully saturated rings. The number of ketones is 1. The van der Waals surface area contributed by atoms with E-state index in [1.165, 1.54) is 12.0 Å². The van der Waals surface area contributed by atoms with Crippen molar-refractivity contribution in [1.29, 1.82) is 0 Å². The third kappa shape index (κ3) is 2.14. The number of benzene rings is 1. The third-order valence-corrected chi connectivity index (χ3v) is 4.19. The maximum atomic E-state index is 12.2. The quantitative estimate of drug-likeness (QED) is 0.777. The van der Waals surface area contributed by atoms with E-state index in [1.807, 2.05) is 6.07 Å². The van der Waals surface area contributed by atoms with Crippen LogP contribution in [0.25, 0.3) is 0 Å². The Hall–Kier alpha value is -1.15. The zero-order valence-corrected chi connectivity index (χ0v) is 10.1. The molecule has 2 unspecified atom stereocenters. The summed E-state index contributed by atoms with van der Waals surface area (Å²) in [6, 6.07) is 10.7. The summed E-state index contributed by atoms with van der Waals surface area (Å²) in [5.41, 5.74) is 1.32. The third-order valence-electron chi connectivity index (χ3n) is 4.19. The van der Waals surface area contributed by atoms with Gasteiger partial charge in [0.1, 0.15) is 0 Å². The molecule has 3 rings (SSSR count). The van der Waals surface area contributed by atoms with E-state index in [0.29, 0.717) is 11.7 Å². The molecular weight excluding hydrogens is 210 g/mol. The Kier molecular flexibility index (Phi) is 2.98. The molecule has 1 heterocycles. The van der Waals surface area contributed by atoms with Crippen LogP contribution in [-0.4, -0.2) is 23.3 Å².